The number of benzene rings is 3. The number of amides is 1. The Labute approximate surface area is 158 Å². The van der Waals surface area contributed by atoms with Gasteiger partial charge in [0.1, 0.15) is 12.4 Å². The molecule has 0 spiro atoms. The van der Waals surface area contributed by atoms with Gasteiger partial charge in [-0.2, -0.15) is 0 Å². The molecule has 0 radical (unpaired) electrons. The fourth-order valence-corrected chi connectivity index (χ4v) is 3.84. The molecule has 0 aromatic heterocycles. The van der Waals surface area contributed by atoms with Crippen molar-refractivity contribution in [1.29, 1.82) is 0 Å². The molecule has 2 N–H and O–H groups in total. The van der Waals surface area contributed by atoms with Gasteiger partial charge in [0.25, 0.3) is 5.91 Å². The Kier molecular flexibility index (Phi) is 5.28. The average Bonchev–Trinajstić information content (AvgIpc) is 2.67. The average molecular weight is 381 g/mol. The highest BCUT2D eigenvalue weighted by Gasteiger charge is 2.17. The van der Waals surface area contributed by atoms with Gasteiger partial charge in [0.2, 0.25) is 9.84 Å². The lowest BCUT2D eigenvalue weighted by molar-refractivity contribution is 0.0996. The first-order valence-electron chi connectivity index (χ1n) is 8.30. The number of hydrogen-bond donors (Lipinski definition) is 1. The monoisotopic (exact) mass is 381 g/mol. The molecule has 3 rings (SSSR count). The number of aryl methyl sites for hydroxylation is 1. The predicted octanol–water partition coefficient (Wildman–Crippen LogP) is 3.51. The van der Waals surface area contributed by atoms with Crippen LogP contribution in [0.25, 0.3) is 0 Å². The minimum absolute atomic E-state index is 0.190. The summed E-state index contributed by atoms with van der Waals surface area (Å²) < 4.78 is 31.0. The molecule has 0 bridgehead atoms. The highest BCUT2D eigenvalue weighted by Crippen LogP contribution is 2.23. The molecule has 27 heavy (non-hydrogen) atoms. The topological polar surface area (TPSA) is 86.5 Å². The fourth-order valence-electron chi connectivity index (χ4n) is 2.58. The number of carbonyl (C=O) groups is 1. The second kappa shape index (κ2) is 7.63. The molecule has 3 aromatic carbocycles. The Morgan fingerprint density at radius 1 is 0.889 bits per heavy atom. The summed E-state index contributed by atoms with van der Waals surface area (Å²) in [6.07, 6.45) is 0. The number of sulfone groups is 1. The Bertz CT molecular complexity index is 1060. The molecule has 6 heteroatoms. The van der Waals surface area contributed by atoms with Gasteiger partial charge >= 0.3 is 0 Å². The lowest BCUT2D eigenvalue weighted by Crippen LogP contribution is -2.12. The number of hydrogen-bond acceptors (Lipinski definition) is 4. The maximum atomic E-state index is 12.7. The fraction of sp³-hybridized carbons (Fsp3) is 0.0952. The van der Waals surface area contributed by atoms with Crippen molar-refractivity contribution in [2.24, 2.45) is 5.73 Å². The van der Waals surface area contributed by atoms with Gasteiger partial charge in [0, 0.05) is 0 Å². The van der Waals surface area contributed by atoms with E-state index in [0.29, 0.717) is 11.3 Å². The van der Waals surface area contributed by atoms with Gasteiger partial charge in [-0.25, -0.2) is 8.42 Å². The van der Waals surface area contributed by atoms with E-state index in [1.54, 1.807) is 72.8 Å². The second-order valence-corrected chi connectivity index (χ2v) is 8.06. The predicted molar refractivity (Wildman–Crippen MR) is 102 cm³/mol. The van der Waals surface area contributed by atoms with Crippen molar-refractivity contribution >= 4 is 15.7 Å². The van der Waals surface area contributed by atoms with Crippen LogP contribution in [0.4, 0.5) is 0 Å². The zero-order chi connectivity index (χ0) is 19.4. The third kappa shape index (κ3) is 4.17. The van der Waals surface area contributed by atoms with Gasteiger partial charge in [-0.15, -0.1) is 0 Å². The van der Waals surface area contributed by atoms with E-state index < -0.39 is 15.7 Å². The molecule has 0 aliphatic rings. The van der Waals surface area contributed by atoms with Crippen molar-refractivity contribution in [2.75, 3.05) is 0 Å². The van der Waals surface area contributed by atoms with Crippen molar-refractivity contribution in [1.82, 2.24) is 0 Å². The van der Waals surface area contributed by atoms with Crippen molar-refractivity contribution < 1.29 is 17.9 Å². The van der Waals surface area contributed by atoms with Crippen molar-refractivity contribution in [3.8, 4) is 5.75 Å². The molecule has 0 aliphatic heterocycles. The van der Waals surface area contributed by atoms with E-state index in [1.807, 2.05) is 6.92 Å². The number of ether oxygens (including phenoxy) is 1. The molecule has 5 nitrogen and oxygen atoms in total. The van der Waals surface area contributed by atoms with Crippen LogP contribution in [0.1, 0.15) is 21.5 Å². The van der Waals surface area contributed by atoms with Gasteiger partial charge in [-0.05, 0) is 48.9 Å². The first-order valence-corrected chi connectivity index (χ1v) is 9.78. The van der Waals surface area contributed by atoms with Crippen LogP contribution in [0.5, 0.6) is 5.75 Å². The standard InChI is InChI=1S/C21H19NO4S/c1-15-6-10-17(11-7-15)27(24,25)18-12-8-16(9-13-18)14-26-20-5-3-2-4-19(20)21(22)23/h2-13H,14H2,1H3,(H2,22,23). The Balaban J connectivity index is 1.76. The quantitative estimate of drug-likeness (QED) is 0.708. The lowest BCUT2D eigenvalue weighted by Gasteiger charge is -2.10. The van der Waals surface area contributed by atoms with Crippen LogP contribution in [0.3, 0.4) is 0 Å². The van der Waals surface area contributed by atoms with E-state index in [2.05, 4.69) is 0 Å². The van der Waals surface area contributed by atoms with E-state index in [1.165, 1.54) is 0 Å². The van der Waals surface area contributed by atoms with Gasteiger partial charge in [0.05, 0.1) is 15.4 Å². The Hall–Kier alpha value is -3.12. The third-order valence-corrected chi connectivity index (χ3v) is 5.90. The highest BCUT2D eigenvalue weighted by molar-refractivity contribution is 7.91. The third-order valence-electron chi connectivity index (χ3n) is 4.11. The largest absolute Gasteiger partial charge is 0.488 e. The molecule has 3 aromatic rings. The maximum absolute atomic E-state index is 12.7. The summed E-state index contributed by atoms with van der Waals surface area (Å²) >= 11 is 0. The lowest BCUT2D eigenvalue weighted by atomic mass is 10.2. The van der Waals surface area contributed by atoms with Gasteiger partial charge in [-0.1, -0.05) is 42.0 Å². The minimum Gasteiger partial charge on any atom is -0.488 e. The molecule has 0 aliphatic carbocycles. The smallest absolute Gasteiger partial charge is 0.252 e. The van der Waals surface area contributed by atoms with Gasteiger partial charge in [0.15, 0.2) is 0 Å². The molecule has 0 saturated heterocycles. The summed E-state index contributed by atoms with van der Waals surface area (Å²) in [7, 11) is -3.56. The number of nitrogens with two attached hydrogens (primary N) is 1. The minimum atomic E-state index is -3.56. The summed E-state index contributed by atoms with van der Waals surface area (Å²) in [5.74, 6) is -0.175. The van der Waals surface area contributed by atoms with E-state index in [0.717, 1.165) is 11.1 Å². The summed E-state index contributed by atoms with van der Waals surface area (Å²) in [6.45, 7) is 2.09. The SMILES string of the molecule is Cc1ccc(S(=O)(=O)c2ccc(COc3ccccc3C(N)=O)cc2)cc1. The molecule has 0 saturated carbocycles. The summed E-state index contributed by atoms with van der Waals surface area (Å²) in [4.78, 5) is 11.9. The number of primary amides is 1. The van der Waals surface area contributed by atoms with E-state index >= 15 is 0 Å². The van der Waals surface area contributed by atoms with Gasteiger partial charge in [-0.3, -0.25) is 4.79 Å². The number of rotatable bonds is 6. The second-order valence-electron chi connectivity index (χ2n) is 6.11. The number of para-hydroxylation sites is 1. The zero-order valence-electron chi connectivity index (χ0n) is 14.8. The van der Waals surface area contributed by atoms with Crippen molar-refractivity contribution in [2.45, 2.75) is 23.3 Å². The van der Waals surface area contributed by atoms with E-state index in [9.17, 15) is 13.2 Å². The molecule has 0 heterocycles. The molecule has 0 fully saturated rings. The van der Waals surface area contributed by atoms with Crippen LogP contribution >= 0.6 is 0 Å². The van der Waals surface area contributed by atoms with Crippen LogP contribution in [0, 0.1) is 6.92 Å². The van der Waals surface area contributed by atoms with Crippen LogP contribution < -0.4 is 10.5 Å². The maximum Gasteiger partial charge on any atom is 0.252 e. The molecular formula is C21H19NO4S. The normalized spacial score (nSPS) is 11.1. The first-order chi connectivity index (χ1) is 12.9. The van der Waals surface area contributed by atoms with Crippen LogP contribution in [0.2, 0.25) is 0 Å². The van der Waals surface area contributed by atoms with Crippen LogP contribution in [-0.2, 0) is 16.4 Å². The molecule has 0 atom stereocenters. The Morgan fingerprint density at radius 2 is 1.44 bits per heavy atom. The summed E-state index contributed by atoms with van der Waals surface area (Å²) in [6, 6.07) is 19.9. The molecule has 1 amide bonds. The first kappa shape index (κ1) is 18.7. The highest BCUT2D eigenvalue weighted by atomic mass is 32.2. The zero-order valence-corrected chi connectivity index (χ0v) is 15.6. The molecule has 138 valence electrons. The van der Waals surface area contributed by atoms with E-state index in [-0.39, 0.29) is 16.4 Å². The number of carbonyl (C=O) groups excluding carboxylic acids is 1. The van der Waals surface area contributed by atoms with Crippen molar-refractivity contribution in [3.63, 3.8) is 0 Å². The molecular weight excluding hydrogens is 362 g/mol. The van der Waals surface area contributed by atoms with Gasteiger partial charge < -0.3 is 10.5 Å². The van der Waals surface area contributed by atoms with E-state index in [4.69, 9.17) is 10.5 Å². The summed E-state index contributed by atoms with van der Waals surface area (Å²) in [5.41, 5.74) is 7.41. The summed E-state index contributed by atoms with van der Waals surface area (Å²) in [5, 5.41) is 0. The Morgan fingerprint density at radius 3 is 2.04 bits per heavy atom. The van der Waals surface area contributed by atoms with Crippen LogP contribution in [-0.4, -0.2) is 14.3 Å². The van der Waals surface area contributed by atoms with Crippen LogP contribution in [0.15, 0.2) is 82.6 Å². The van der Waals surface area contributed by atoms with Crippen molar-refractivity contribution in [3.05, 3.63) is 89.5 Å². The molecule has 0 unspecified atom stereocenters.